The average Bonchev–Trinajstić information content (AvgIpc) is 3.74. The van der Waals surface area contributed by atoms with Crippen molar-refractivity contribution in [3.8, 4) is 11.5 Å². The first-order chi connectivity index (χ1) is 21.5. The van der Waals surface area contributed by atoms with Crippen molar-refractivity contribution in [1.29, 1.82) is 0 Å². The lowest BCUT2D eigenvalue weighted by molar-refractivity contribution is -0.139. The molecule has 0 radical (unpaired) electrons. The number of ketones is 1. The summed E-state index contributed by atoms with van der Waals surface area (Å²) in [5.41, 5.74) is 3.17. The summed E-state index contributed by atoms with van der Waals surface area (Å²) in [7, 11) is 0. The molecule has 0 saturated carbocycles. The number of amides is 1. The first-order valence-electron chi connectivity index (χ1n) is 14.6. The van der Waals surface area contributed by atoms with Gasteiger partial charge in [-0.3, -0.25) is 14.0 Å². The predicted molar refractivity (Wildman–Crippen MR) is 164 cm³/mol. The Morgan fingerprint density at radius 1 is 0.955 bits per heavy atom. The molecule has 1 amide bonds. The summed E-state index contributed by atoms with van der Waals surface area (Å²) in [6, 6.07) is 19.8. The number of hydrogen-bond donors (Lipinski definition) is 1. The Labute approximate surface area is 254 Å². The van der Waals surface area contributed by atoms with E-state index in [4.69, 9.17) is 9.47 Å². The monoisotopic (exact) mass is 591 g/mol. The Morgan fingerprint density at radius 2 is 1.77 bits per heavy atom. The third kappa shape index (κ3) is 5.54. The highest BCUT2D eigenvalue weighted by Gasteiger charge is 2.46. The number of Topliss-reactive ketones (excluding diaryl/α,β-unsaturated/α-hetero) is 1. The van der Waals surface area contributed by atoms with Crippen LogP contribution in [0.2, 0.25) is 0 Å². The van der Waals surface area contributed by atoms with Crippen molar-refractivity contribution >= 4 is 23.1 Å². The van der Waals surface area contributed by atoms with Crippen LogP contribution in [-0.2, 0) is 22.7 Å². The minimum Gasteiger partial charge on any atom is -0.505 e. The number of likely N-dealkylation sites (tertiary alicyclic amines) is 1. The van der Waals surface area contributed by atoms with Crippen molar-refractivity contribution in [3.63, 3.8) is 0 Å². The van der Waals surface area contributed by atoms with E-state index in [-0.39, 0.29) is 17.9 Å². The summed E-state index contributed by atoms with van der Waals surface area (Å²) in [6.45, 7) is 5.27. The van der Waals surface area contributed by atoms with Crippen LogP contribution in [0.15, 0.2) is 97.2 Å². The number of carbonyl (C=O) groups excluding carboxylic acids is 2. The first kappa shape index (κ1) is 28.7. The summed E-state index contributed by atoms with van der Waals surface area (Å²) in [4.78, 5) is 37.5. The number of nitrogens with zero attached hydrogens (tertiary/aromatic N) is 5. The largest absolute Gasteiger partial charge is 0.505 e. The van der Waals surface area contributed by atoms with Crippen molar-refractivity contribution in [2.45, 2.75) is 39.5 Å². The van der Waals surface area contributed by atoms with Gasteiger partial charge >= 0.3 is 0 Å². The average molecular weight is 592 g/mol. The Bertz CT molecular complexity index is 1830. The smallest absolute Gasteiger partial charge is 0.295 e. The number of aromatic nitrogens is 4. The number of imidazole rings is 2. The van der Waals surface area contributed by atoms with Gasteiger partial charge in [0.05, 0.1) is 30.2 Å². The highest BCUT2D eigenvalue weighted by atomic mass is 16.5. The maximum absolute atomic E-state index is 13.7. The van der Waals surface area contributed by atoms with E-state index in [2.05, 4.69) is 9.97 Å². The van der Waals surface area contributed by atoms with Crippen molar-refractivity contribution in [3.05, 3.63) is 120 Å². The number of rotatable bonds is 11. The third-order valence-corrected chi connectivity index (χ3v) is 7.66. The molecule has 10 heteroatoms. The van der Waals surface area contributed by atoms with Crippen LogP contribution in [0.4, 0.5) is 0 Å². The second-order valence-corrected chi connectivity index (χ2v) is 10.5. The van der Waals surface area contributed by atoms with E-state index >= 15 is 0 Å². The molecule has 1 atom stereocenters. The molecule has 2 aromatic carbocycles. The van der Waals surface area contributed by atoms with E-state index in [1.165, 1.54) is 4.90 Å². The molecule has 6 rings (SSSR count). The standard InChI is InChI=1S/C34H33N5O5/c1-3-43-27-20-25(13-14-26(27)44-21-24-10-5-4-6-11-24)31-29(32(40)30-23(2)36-28-12-7-8-17-38(28)30)33(41)34(42)39(31)18-9-16-37-19-15-35-22-37/h4-8,10-15,17,19-20,22,31,40H,3,9,16,18,21H2,1-2H3. The van der Waals surface area contributed by atoms with Gasteiger partial charge in [0.1, 0.15) is 17.9 Å². The molecule has 1 saturated heterocycles. The summed E-state index contributed by atoms with van der Waals surface area (Å²) in [5.74, 6) is -0.673. The maximum Gasteiger partial charge on any atom is 0.295 e. The topological polar surface area (TPSA) is 111 Å². The van der Waals surface area contributed by atoms with Gasteiger partial charge < -0.3 is 24.0 Å². The normalized spacial score (nSPS) is 16.1. The molecular weight excluding hydrogens is 558 g/mol. The van der Waals surface area contributed by atoms with Crippen LogP contribution in [-0.4, -0.2) is 53.8 Å². The minimum atomic E-state index is -0.853. The molecule has 1 aliphatic rings. The molecule has 1 unspecified atom stereocenters. The Kier molecular flexibility index (Phi) is 8.14. The first-order valence-corrected chi connectivity index (χ1v) is 14.6. The number of aryl methyl sites for hydroxylation is 2. The molecule has 3 aromatic heterocycles. The van der Waals surface area contributed by atoms with Crippen LogP contribution in [0.1, 0.15) is 41.9 Å². The molecular formula is C34H33N5O5. The van der Waals surface area contributed by atoms with E-state index in [9.17, 15) is 14.7 Å². The summed E-state index contributed by atoms with van der Waals surface area (Å²) in [6.07, 6.45) is 7.60. The second kappa shape index (κ2) is 12.5. The van der Waals surface area contributed by atoms with Gasteiger partial charge in [0, 0.05) is 31.7 Å². The molecule has 1 fully saturated rings. The zero-order valence-corrected chi connectivity index (χ0v) is 24.6. The molecule has 0 aliphatic carbocycles. The Morgan fingerprint density at radius 3 is 2.55 bits per heavy atom. The number of aliphatic hydroxyl groups is 1. The highest BCUT2D eigenvalue weighted by molar-refractivity contribution is 6.46. The number of hydrogen-bond acceptors (Lipinski definition) is 7. The molecule has 5 aromatic rings. The Hall–Kier alpha value is -5.38. The van der Waals surface area contributed by atoms with E-state index in [1.807, 2.05) is 72.3 Å². The SMILES string of the molecule is CCOc1cc(C2C(=C(O)c3c(C)nc4ccccn34)C(=O)C(=O)N2CCCn2ccnc2)ccc1OCc1ccccc1. The zero-order valence-electron chi connectivity index (χ0n) is 24.6. The number of pyridine rings is 1. The lowest BCUT2D eigenvalue weighted by Crippen LogP contribution is -2.31. The fourth-order valence-electron chi connectivity index (χ4n) is 5.64. The molecule has 0 bridgehead atoms. The molecule has 1 aliphatic heterocycles. The molecule has 224 valence electrons. The van der Waals surface area contributed by atoms with Gasteiger partial charge in [0.25, 0.3) is 11.7 Å². The lowest BCUT2D eigenvalue weighted by atomic mass is 9.95. The molecule has 1 N–H and O–H groups in total. The predicted octanol–water partition coefficient (Wildman–Crippen LogP) is 5.33. The fourth-order valence-corrected chi connectivity index (χ4v) is 5.64. The summed E-state index contributed by atoms with van der Waals surface area (Å²) in [5, 5.41) is 11.8. The van der Waals surface area contributed by atoms with E-state index in [0.717, 1.165) is 5.56 Å². The van der Waals surface area contributed by atoms with Gasteiger partial charge in [0.15, 0.2) is 17.3 Å². The second-order valence-electron chi connectivity index (χ2n) is 10.5. The van der Waals surface area contributed by atoms with Crippen molar-refractivity contribution in [2.24, 2.45) is 0 Å². The number of carbonyl (C=O) groups is 2. The lowest BCUT2D eigenvalue weighted by Gasteiger charge is -2.26. The van der Waals surface area contributed by atoms with E-state index in [0.29, 0.717) is 60.3 Å². The van der Waals surface area contributed by atoms with Gasteiger partial charge in [-0.05, 0) is 55.7 Å². The van der Waals surface area contributed by atoms with Crippen LogP contribution >= 0.6 is 0 Å². The zero-order chi connectivity index (χ0) is 30.6. The van der Waals surface area contributed by atoms with Gasteiger partial charge in [0.2, 0.25) is 0 Å². The van der Waals surface area contributed by atoms with Crippen LogP contribution in [0.5, 0.6) is 11.5 Å². The fraction of sp³-hybridized carbons (Fsp3) is 0.235. The van der Waals surface area contributed by atoms with Crippen LogP contribution < -0.4 is 9.47 Å². The van der Waals surface area contributed by atoms with Crippen LogP contribution in [0, 0.1) is 6.92 Å². The van der Waals surface area contributed by atoms with Crippen LogP contribution in [0.25, 0.3) is 11.4 Å². The van der Waals surface area contributed by atoms with Gasteiger partial charge in [-0.25, -0.2) is 9.97 Å². The minimum absolute atomic E-state index is 0.00628. The number of ether oxygens (including phenoxy) is 2. The molecule has 10 nitrogen and oxygen atoms in total. The van der Waals surface area contributed by atoms with Gasteiger partial charge in [-0.15, -0.1) is 0 Å². The highest BCUT2D eigenvalue weighted by Crippen LogP contribution is 2.42. The summed E-state index contributed by atoms with van der Waals surface area (Å²) < 4.78 is 15.7. The van der Waals surface area contributed by atoms with Crippen molar-refractivity contribution in [1.82, 2.24) is 23.8 Å². The van der Waals surface area contributed by atoms with Crippen LogP contribution in [0.3, 0.4) is 0 Å². The molecule has 4 heterocycles. The number of fused-ring (bicyclic) bond motifs is 1. The Balaban J connectivity index is 1.42. The van der Waals surface area contributed by atoms with Crippen molar-refractivity contribution < 1.29 is 24.2 Å². The van der Waals surface area contributed by atoms with Gasteiger partial charge in [-0.2, -0.15) is 0 Å². The van der Waals surface area contributed by atoms with Crippen molar-refractivity contribution in [2.75, 3.05) is 13.2 Å². The summed E-state index contributed by atoms with van der Waals surface area (Å²) >= 11 is 0. The third-order valence-electron chi connectivity index (χ3n) is 7.66. The number of benzene rings is 2. The molecule has 0 spiro atoms. The van der Waals surface area contributed by atoms with E-state index < -0.39 is 17.7 Å². The van der Waals surface area contributed by atoms with Gasteiger partial charge in [-0.1, -0.05) is 42.5 Å². The molecule has 44 heavy (non-hydrogen) atoms. The van der Waals surface area contributed by atoms with E-state index in [1.54, 1.807) is 42.2 Å². The number of aliphatic hydroxyl groups excluding tert-OH is 1. The maximum atomic E-state index is 13.7. The quantitative estimate of drug-likeness (QED) is 0.126.